The van der Waals surface area contributed by atoms with Gasteiger partial charge in [0.15, 0.2) is 0 Å². The van der Waals surface area contributed by atoms with E-state index in [1.807, 2.05) is 0 Å². The topological polar surface area (TPSA) is 83.0 Å². The van der Waals surface area contributed by atoms with E-state index in [4.69, 9.17) is 18.9 Å². The fraction of sp³-hybridized carbons (Fsp3) is 1.00. The summed E-state index contributed by atoms with van der Waals surface area (Å²) in [4.78, 5) is 0. The molecule has 0 radical (unpaired) electrons. The minimum Gasteiger partial charge on any atom is -0.853 e. The van der Waals surface area contributed by atoms with Gasteiger partial charge in [0.05, 0.1) is 39.6 Å². The summed E-state index contributed by atoms with van der Waals surface area (Å²) in [6.07, 6.45) is 3.02. The van der Waals surface area contributed by atoms with Gasteiger partial charge in [-0.2, -0.15) is 0 Å². The second-order valence-corrected chi connectivity index (χ2v) is 4.77. The Kier molecular flexibility index (Phi) is 25.2. The van der Waals surface area contributed by atoms with E-state index in [2.05, 4.69) is 0 Å². The van der Waals surface area contributed by atoms with Crippen LogP contribution in [0.2, 0.25) is 0 Å². The van der Waals surface area contributed by atoms with Crippen LogP contribution in [-0.4, -0.2) is 65.1 Å². The molecule has 0 aromatic carbocycles. The van der Waals surface area contributed by atoms with Gasteiger partial charge in [-0.1, -0.05) is 25.4 Å². The fourth-order valence-electron chi connectivity index (χ4n) is 2.11. The van der Waals surface area contributed by atoms with Crippen LogP contribution in [0, 0.1) is 0 Å². The molecule has 1 fully saturated rings. The number of ether oxygens (including phenoxy) is 4. The van der Waals surface area contributed by atoms with Gasteiger partial charge in [0.2, 0.25) is 0 Å². The summed E-state index contributed by atoms with van der Waals surface area (Å²) in [5.74, 6) is 0. The van der Waals surface area contributed by atoms with E-state index >= 15 is 0 Å². The Labute approximate surface area is 218 Å². The zero-order chi connectivity index (χ0) is 14.5. The Hall–Kier alpha value is 3.03. The van der Waals surface area contributed by atoms with E-state index in [0.717, 1.165) is 25.7 Å². The molecule has 0 N–H and O–H groups in total. The molecule has 1 rings (SSSR count). The maximum absolute atomic E-state index is 11.6. The zero-order valence-electron chi connectivity index (χ0n) is 14.1. The van der Waals surface area contributed by atoms with Crippen molar-refractivity contribution >= 4 is 0 Å². The molecule has 1 saturated carbocycles. The van der Waals surface area contributed by atoms with Crippen LogP contribution >= 0.6 is 0 Å². The molecular weight excluding hydrogens is 342 g/mol. The van der Waals surface area contributed by atoms with Crippen LogP contribution in [0.4, 0.5) is 0 Å². The molecule has 0 aliphatic heterocycles. The number of hydrogen-bond donors (Lipinski definition) is 0. The standard InChI is InChI=1S/C14H26O6.2K/c15-5-6-17-7-8-18-9-10-19-11-12-20-14-4-2-1-3-13(14)16;;/h13-14H,1-12H2;;/q-2;2*+1. The molecular formula is C14H26K2O6. The van der Waals surface area contributed by atoms with Crippen molar-refractivity contribution in [1.82, 2.24) is 0 Å². The smallest absolute Gasteiger partial charge is 0.853 e. The normalized spacial score (nSPS) is 21.0. The van der Waals surface area contributed by atoms with E-state index in [1.54, 1.807) is 0 Å². The van der Waals surface area contributed by atoms with Crippen molar-refractivity contribution in [3.8, 4) is 0 Å². The van der Waals surface area contributed by atoms with Gasteiger partial charge in [0, 0.05) is 12.7 Å². The summed E-state index contributed by atoms with van der Waals surface area (Å²) in [6, 6.07) is 0. The third kappa shape index (κ3) is 15.3. The molecule has 0 amide bonds. The minimum atomic E-state index is -0.568. The van der Waals surface area contributed by atoms with Crippen LogP contribution in [-0.2, 0) is 18.9 Å². The van der Waals surface area contributed by atoms with Crippen molar-refractivity contribution in [3.63, 3.8) is 0 Å². The molecule has 2 atom stereocenters. The molecule has 6 nitrogen and oxygen atoms in total. The Morgan fingerprint density at radius 3 is 1.77 bits per heavy atom. The molecule has 0 spiro atoms. The largest absolute Gasteiger partial charge is 1.00 e. The Morgan fingerprint density at radius 2 is 1.23 bits per heavy atom. The van der Waals surface area contributed by atoms with Gasteiger partial charge in [0.25, 0.3) is 0 Å². The van der Waals surface area contributed by atoms with E-state index in [1.165, 1.54) is 0 Å². The molecule has 2 unspecified atom stereocenters. The van der Waals surface area contributed by atoms with Gasteiger partial charge in [0.1, 0.15) is 0 Å². The van der Waals surface area contributed by atoms with Gasteiger partial charge in [-0.15, -0.1) is 6.61 Å². The molecule has 0 saturated heterocycles. The Balaban J connectivity index is 0. The van der Waals surface area contributed by atoms with Crippen LogP contribution in [0.1, 0.15) is 25.7 Å². The summed E-state index contributed by atoms with van der Waals surface area (Å²) >= 11 is 0. The molecule has 0 heterocycles. The average Bonchev–Trinajstić information content (AvgIpc) is 2.46. The van der Waals surface area contributed by atoms with Crippen molar-refractivity contribution in [2.45, 2.75) is 37.9 Å². The Bertz CT molecular complexity index is 224. The molecule has 0 aromatic rings. The molecule has 1 aliphatic carbocycles. The predicted molar refractivity (Wildman–Crippen MR) is 69.3 cm³/mol. The van der Waals surface area contributed by atoms with Gasteiger partial charge in [-0.25, -0.2) is 0 Å². The second-order valence-electron chi connectivity index (χ2n) is 4.77. The quantitative estimate of drug-likeness (QED) is 0.252. The van der Waals surface area contributed by atoms with Gasteiger partial charge in [-0.05, 0) is 6.42 Å². The van der Waals surface area contributed by atoms with Crippen molar-refractivity contribution in [3.05, 3.63) is 0 Å². The van der Waals surface area contributed by atoms with Crippen molar-refractivity contribution in [1.29, 1.82) is 0 Å². The van der Waals surface area contributed by atoms with E-state index in [0.29, 0.717) is 39.6 Å². The molecule has 120 valence electrons. The maximum Gasteiger partial charge on any atom is 1.00 e. The fourth-order valence-corrected chi connectivity index (χ4v) is 2.11. The summed E-state index contributed by atoms with van der Waals surface area (Å²) in [5, 5.41) is 21.7. The van der Waals surface area contributed by atoms with Crippen molar-refractivity contribution < 1.29 is 132 Å². The SMILES string of the molecule is [K+].[K+].[O-]CCOCCOCCOCCOC1CCCCC1[O-]. The predicted octanol–water partition coefficient (Wildman–Crippen LogP) is -6.91. The van der Waals surface area contributed by atoms with E-state index in [-0.39, 0.29) is 122 Å². The first-order valence-corrected chi connectivity index (χ1v) is 7.43. The van der Waals surface area contributed by atoms with Crippen LogP contribution in [0.15, 0.2) is 0 Å². The van der Waals surface area contributed by atoms with Crippen LogP contribution in [0.5, 0.6) is 0 Å². The van der Waals surface area contributed by atoms with Crippen LogP contribution in [0.25, 0.3) is 0 Å². The number of hydrogen-bond acceptors (Lipinski definition) is 6. The van der Waals surface area contributed by atoms with Crippen molar-refractivity contribution in [2.24, 2.45) is 0 Å². The minimum absolute atomic E-state index is 0. The zero-order valence-corrected chi connectivity index (χ0v) is 20.3. The first-order valence-electron chi connectivity index (χ1n) is 7.43. The maximum atomic E-state index is 11.6. The first-order chi connectivity index (χ1) is 9.84. The second kappa shape index (κ2) is 20.3. The van der Waals surface area contributed by atoms with Gasteiger partial charge < -0.3 is 29.2 Å². The first kappa shape index (κ1) is 27.3. The summed E-state index contributed by atoms with van der Waals surface area (Å²) in [7, 11) is 0. The summed E-state index contributed by atoms with van der Waals surface area (Å²) in [5.41, 5.74) is 0. The van der Waals surface area contributed by atoms with E-state index in [9.17, 15) is 10.2 Å². The monoisotopic (exact) mass is 368 g/mol. The van der Waals surface area contributed by atoms with Gasteiger partial charge in [-0.3, -0.25) is 0 Å². The van der Waals surface area contributed by atoms with Crippen LogP contribution < -0.4 is 113 Å². The molecule has 1 aliphatic rings. The molecule has 8 heteroatoms. The summed E-state index contributed by atoms with van der Waals surface area (Å²) < 4.78 is 21.1. The van der Waals surface area contributed by atoms with Crippen LogP contribution in [0.3, 0.4) is 0 Å². The molecule has 22 heavy (non-hydrogen) atoms. The molecule has 0 bridgehead atoms. The van der Waals surface area contributed by atoms with Crippen molar-refractivity contribution in [2.75, 3.05) is 52.9 Å². The van der Waals surface area contributed by atoms with E-state index < -0.39 is 6.10 Å². The average molecular weight is 369 g/mol. The Morgan fingerprint density at radius 1 is 0.727 bits per heavy atom. The molecule has 0 aromatic heterocycles. The third-order valence-electron chi connectivity index (χ3n) is 3.17. The summed E-state index contributed by atoms with van der Waals surface area (Å²) in [6.45, 7) is 2.88. The van der Waals surface area contributed by atoms with Gasteiger partial charge >= 0.3 is 103 Å². The number of rotatable bonds is 12. The third-order valence-corrected chi connectivity index (χ3v) is 3.17.